The molecular weight excluding hydrogens is 376 g/mol. The Balaban J connectivity index is 1.17. The molecule has 2 amide bonds. The Morgan fingerprint density at radius 2 is 1.63 bits per heavy atom. The number of hydrogen-bond donors (Lipinski definition) is 1. The van der Waals surface area contributed by atoms with Gasteiger partial charge in [0, 0.05) is 49.7 Å². The summed E-state index contributed by atoms with van der Waals surface area (Å²) in [5.41, 5.74) is 1.70. The van der Waals surface area contributed by atoms with Gasteiger partial charge >= 0.3 is 0 Å². The lowest BCUT2D eigenvalue weighted by atomic mass is 9.93. The Morgan fingerprint density at radius 1 is 0.867 bits per heavy atom. The van der Waals surface area contributed by atoms with Crippen LogP contribution in [0, 0.1) is 5.92 Å². The van der Waals surface area contributed by atoms with Gasteiger partial charge in [0.25, 0.3) is 5.91 Å². The summed E-state index contributed by atoms with van der Waals surface area (Å²) in [6, 6.07) is 10.5. The number of piperidine rings is 2. The Kier molecular flexibility index (Phi) is 5.50. The number of nitrogens with zero attached hydrogens (tertiary/aromatic N) is 3. The number of carbonyl (C=O) groups excluding carboxylic acids is 2. The third-order valence-electron chi connectivity index (χ3n) is 7.25. The fourth-order valence-electron chi connectivity index (χ4n) is 5.53. The zero-order chi connectivity index (χ0) is 20.5. The molecule has 1 atom stereocenters. The quantitative estimate of drug-likeness (QED) is 0.849. The molecule has 0 bridgehead atoms. The van der Waals surface area contributed by atoms with Crippen molar-refractivity contribution < 1.29 is 9.59 Å². The van der Waals surface area contributed by atoms with Gasteiger partial charge in [-0.15, -0.1) is 0 Å². The molecule has 3 fully saturated rings. The standard InChI is InChI=1S/C24H32N4O2/c29-23(26-11-3-4-12-26)19-7-5-13-28(17-19)20-9-14-27(15-10-20)24(30)22-16-18-6-1-2-8-21(18)25-22/h1-2,6,8,16,19-20,25H,3-5,7,9-15,17H2/t19-/m1/s1. The number of carbonyl (C=O) groups is 2. The molecule has 0 spiro atoms. The van der Waals surface area contributed by atoms with Crippen LogP contribution in [0.2, 0.25) is 0 Å². The second-order valence-electron chi connectivity index (χ2n) is 9.16. The number of benzene rings is 1. The maximum Gasteiger partial charge on any atom is 0.270 e. The number of fused-ring (bicyclic) bond motifs is 1. The average Bonchev–Trinajstić information content (AvgIpc) is 3.48. The monoisotopic (exact) mass is 408 g/mol. The van der Waals surface area contributed by atoms with E-state index in [-0.39, 0.29) is 11.8 Å². The molecule has 1 aromatic carbocycles. The number of para-hydroxylation sites is 1. The normalized spacial score (nSPS) is 23.9. The van der Waals surface area contributed by atoms with E-state index in [1.165, 1.54) is 0 Å². The van der Waals surface area contributed by atoms with Gasteiger partial charge in [-0.1, -0.05) is 18.2 Å². The van der Waals surface area contributed by atoms with Crippen LogP contribution in [-0.2, 0) is 4.79 Å². The molecule has 160 valence electrons. The molecule has 3 saturated heterocycles. The van der Waals surface area contributed by atoms with E-state index in [1.54, 1.807) is 0 Å². The molecule has 6 heteroatoms. The first-order chi connectivity index (χ1) is 14.7. The van der Waals surface area contributed by atoms with E-state index in [0.717, 1.165) is 88.7 Å². The predicted molar refractivity (Wildman–Crippen MR) is 117 cm³/mol. The molecule has 1 aromatic heterocycles. The summed E-state index contributed by atoms with van der Waals surface area (Å²) < 4.78 is 0. The van der Waals surface area contributed by atoms with Crippen LogP contribution in [0.25, 0.3) is 10.9 Å². The highest BCUT2D eigenvalue weighted by molar-refractivity contribution is 5.98. The SMILES string of the molecule is O=C(c1cc2ccccc2[nH]1)N1CCC(N2CCC[C@@H](C(=O)N3CCCC3)C2)CC1. The third-order valence-corrected chi connectivity index (χ3v) is 7.25. The Hall–Kier alpha value is -2.34. The third kappa shape index (κ3) is 3.85. The van der Waals surface area contributed by atoms with Crippen LogP contribution in [0.4, 0.5) is 0 Å². The van der Waals surface area contributed by atoms with Crippen molar-refractivity contribution >= 4 is 22.7 Å². The van der Waals surface area contributed by atoms with Gasteiger partial charge in [0.2, 0.25) is 5.91 Å². The summed E-state index contributed by atoms with van der Waals surface area (Å²) in [7, 11) is 0. The van der Waals surface area contributed by atoms with Crippen LogP contribution >= 0.6 is 0 Å². The summed E-state index contributed by atoms with van der Waals surface area (Å²) in [6.07, 6.45) is 6.45. The number of aromatic nitrogens is 1. The Bertz CT molecular complexity index is 876. The second-order valence-corrected chi connectivity index (χ2v) is 9.16. The average molecular weight is 409 g/mol. The maximum atomic E-state index is 13.0. The van der Waals surface area contributed by atoms with Crippen molar-refractivity contribution in [3.63, 3.8) is 0 Å². The molecule has 5 rings (SSSR count). The molecule has 1 N–H and O–H groups in total. The van der Waals surface area contributed by atoms with Crippen LogP contribution < -0.4 is 0 Å². The molecule has 2 aromatic rings. The smallest absolute Gasteiger partial charge is 0.270 e. The van der Waals surface area contributed by atoms with Gasteiger partial charge in [-0.3, -0.25) is 14.5 Å². The molecule has 0 unspecified atom stereocenters. The first kappa shape index (κ1) is 19.6. The van der Waals surface area contributed by atoms with E-state index in [9.17, 15) is 9.59 Å². The molecular formula is C24H32N4O2. The van der Waals surface area contributed by atoms with Crippen LogP contribution in [0.5, 0.6) is 0 Å². The highest BCUT2D eigenvalue weighted by atomic mass is 16.2. The lowest BCUT2D eigenvalue weighted by Crippen LogP contribution is -2.51. The van der Waals surface area contributed by atoms with Gasteiger partial charge in [0.05, 0.1) is 5.92 Å². The van der Waals surface area contributed by atoms with E-state index in [1.807, 2.05) is 35.2 Å². The minimum absolute atomic E-state index is 0.102. The molecule has 30 heavy (non-hydrogen) atoms. The fourth-order valence-corrected chi connectivity index (χ4v) is 5.53. The van der Waals surface area contributed by atoms with Crippen LogP contribution in [-0.4, -0.2) is 76.8 Å². The van der Waals surface area contributed by atoms with Gasteiger partial charge in [0.15, 0.2) is 0 Å². The van der Waals surface area contributed by atoms with Crippen molar-refractivity contribution in [2.24, 2.45) is 5.92 Å². The summed E-state index contributed by atoms with van der Waals surface area (Å²) in [4.78, 5) is 35.7. The molecule has 0 saturated carbocycles. The van der Waals surface area contributed by atoms with Crippen molar-refractivity contribution in [2.45, 2.75) is 44.6 Å². The lowest BCUT2D eigenvalue weighted by Gasteiger charge is -2.42. The molecule has 4 heterocycles. The summed E-state index contributed by atoms with van der Waals surface area (Å²) in [5, 5.41) is 1.08. The number of H-pyrrole nitrogens is 1. The van der Waals surface area contributed by atoms with Crippen molar-refractivity contribution in [1.82, 2.24) is 19.7 Å². The fraction of sp³-hybridized carbons (Fsp3) is 0.583. The van der Waals surface area contributed by atoms with Crippen LogP contribution in [0.3, 0.4) is 0 Å². The van der Waals surface area contributed by atoms with Gasteiger partial charge in [-0.25, -0.2) is 0 Å². The highest BCUT2D eigenvalue weighted by Gasteiger charge is 2.34. The first-order valence-electron chi connectivity index (χ1n) is 11.6. The number of rotatable bonds is 3. The van der Waals surface area contributed by atoms with Gasteiger partial charge in [0.1, 0.15) is 5.69 Å². The molecule has 3 aliphatic rings. The minimum Gasteiger partial charge on any atom is -0.351 e. The van der Waals surface area contributed by atoms with Crippen molar-refractivity contribution in [1.29, 1.82) is 0 Å². The lowest BCUT2D eigenvalue weighted by molar-refractivity contribution is -0.136. The van der Waals surface area contributed by atoms with Gasteiger partial charge < -0.3 is 14.8 Å². The van der Waals surface area contributed by atoms with Crippen LogP contribution in [0.1, 0.15) is 49.0 Å². The topological polar surface area (TPSA) is 59.7 Å². The number of likely N-dealkylation sites (tertiary alicyclic amines) is 3. The number of nitrogens with one attached hydrogen (secondary N) is 1. The zero-order valence-electron chi connectivity index (χ0n) is 17.7. The molecule has 0 radical (unpaired) electrons. The van der Waals surface area contributed by atoms with E-state index in [0.29, 0.717) is 17.6 Å². The first-order valence-corrected chi connectivity index (χ1v) is 11.6. The second kappa shape index (κ2) is 8.42. The van der Waals surface area contributed by atoms with Crippen molar-refractivity contribution in [3.05, 3.63) is 36.0 Å². The maximum absolute atomic E-state index is 13.0. The van der Waals surface area contributed by atoms with E-state index in [4.69, 9.17) is 0 Å². The van der Waals surface area contributed by atoms with E-state index >= 15 is 0 Å². The highest BCUT2D eigenvalue weighted by Crippen LogP contribution is 2.27. The van der Waals surface area contributed by atoms with Crippen molar-refractivity contribution in [2.75, 3.05) is 39.3 Å². The largest absolute Gasteiger partial charge is 0.351 e. The number of hydrogen-bond acceptors (Lipinski definition) is 3. The van der Waals surface area contributed by atoms with Crippen LogP contribution in [0.15, 0.2) is 30.3 Å². The number of amides is 2. The molecule has 0 aliphatic carbocycles. The summed E-state index contributed by atoms with van der Waals surface area (Å²) in [5.74, 6) is 0.650. The Labute approximate surface area is 178 Å². The Morgan fingerprint density at radius 3 is 2.40 bits per heavy atom. The summed E-state index contributed by atoms with van der Waals surface area (Å²) >= 11 is 0. The van der Waals surface area contributed by atoms with Gasteiger partial charge in [-0.05, 0) is 57.2 Å². The molecule has 3 aliphatic heterocycles. The van der Waals surface area contributed by atoms with Crippen molar-refractivity contribution in [3.8, 4) is 0 Å². The summed E-state index contributed by atoms with van der Waals surface area (Å²) in [6.45, 7) is 5.47. The minimum atomic E-state index is 0.102. The molecule has 6 nitrogen and oxygen atoms in total. The zero-order valence-corrected chi connectivity index (χ0v) is 17.7. The number of aromatic amines is 1. The van der Waals surface area contributed by atoms with E-state index in [2.05, 4.69) is 14.8 Å². The predicted octanol–water partition coefficient (Wildman–Crippen LogP) is 3.11. The van der Waals surface area contributed by atoms with E-state index < -0.39 is 0 Å². The van der Waals surface area contributed by atoms with Gasteiger partial charge in [-0.2, -0.15) is 0 Å².